The van der Waals surface area contributed by atoms with Gasteiger partial charge < -0.3 is 15.3 Å². The van der Waals surface area contributed by atoms with Crippen LogP contribution in [0.5, 0.6) is 0 Å². The molecule has 116 valence electrons. The number of carbonyl (C=O) groups is 1. The summed E-state index contributed by atoms with van der Waals surface area (Å²) in [4.78, 5) is 11.0. The number of aliphatic hydroxyl groups is 2. The number of carboxylic acid groups (broad SMARTS) is 1. The number of hydrogen-bond donors (Lipinski definition) is 3. The van der Waals surface area contributed by atoms with Crippen molar-refractivity contribution in [3.8, 4) is 0 Å². The van der Waals surface area contributed by atoms with E-state index in [1.54, 1.807) is 13.8 Å². The van der Waals surface area contributed by atoms with Crippen LogP contribution in [0.1, 0.15) is 21.5 Å². The predicted octanol–water partition coefficient (Wildman–Crippen LogP) is -0.272. The molecule has 1 aromatic carbocycles. The molecule has 8 heteroatoms. The van der Waals surface area contributed by atoms with E-state index in [-0.39, 0.29) is 23.5 Å². The summed E-state index contributed by atoms with van der Waals surface area (Å²) < 4.78 is 26.1. The molecule has 0 amide bonds. The Morgan fingerprint density at radius 3 is 2.19 bits per heavy atom. The average molecular weight is 315 g/mol. The highest BCUT2D eigenvalue weighted by molar-refractivity contribution is 7.89. The second-order valence-electron chi connectivity index (χ2n) is 5.18. The van der Waals surface area contributed by atoms with Crippen LogP contribution in [0.3, 0.4) is 0 Å². The lowest BCUT2D eigenvalue weighted by Crippen LogP contribution is -2.30. The van der Waals surface area contributed by atoms with Crippen molar-refractivity contribution in [3.63, 3.8) is 0 Å². The Balaban J connectivity index is 2.52. The topological polar surface area (TPSA) is 115 Å². The fourth-order valence-electron chi connectivity index (χ4n) is 2.29. The number of β-amino-alcohol motifs (C(OH)–C–C–N with tert-alkyl or cyclic N) is 2. The van der Waals surface area contributed by atoms with Crippen molar-refractivity contribution in [3.05, 3.63) is 28.8 Å². The summed E-state index contributed by atoms with van der Waals surface area (Å²) in [5.41, 5.74) is 0.890. The Bertz CT molecular complexity index is 674. The highest BCUT2D eigenvalue weighted by Crippen LogP contribution is 2.27. The van der Waals surface area contributed by atoms with Crippen LogP contribution in [0.15, 0.2) is 17.0 Å². The first kappa shape index (κ1) is 15.9. The molecule has 2 rings (SSSR count). The number of benzene rings is 1. The molecule has 0 aliphatic carbocycles. The largest absolute Gasteiger partial charge is 0.478 e. The third-order valence-corrected chi connectivity index (χ3v) is 5.67. The standard InChI is InChI=1S/C13H17NO6S/c1-7-3-9(13(17)18)4-12(8(7)2)21(19,20)14-5-10(15)11(16)6-14/h3-4,10-11,15-16H,5-6H2,1-2H3,(H,17,18). The van der Waals surface area contributed by atoms with E-state index in [0.29, 0.717) is 11.1 Å². The number of rotatable bonds is 3. The van der Waals surface area contributed by atoms with E-state index in [0.717, 1.165) is 10.4 Å². The van der Waals surface area contributed by atoms with Crippen molar-refractivity contribution in [1.29, 1.82) is 0 Å². The molecule has 2 atom stereocenters. The number of carboxylic acids is 1. The van der Waals surface area contributed by atoms with Crippen LogP contribution in [0.2, 0.25) is 0 Å². The molecule has 3 N–H and O–H groups in total. The van der Waals surface area contributed by atoms with E-state index < -0.39 is 28.2 Å². The minimum absolute atomic E-state index is 0.110. The van der Waals surface area contributed by atoms with E-state index in [9.17, 15) is 23.4 Å². The van der Waals surface area contributed by atoms with Crippen LogP contribution in [0, 0.1) is 13.8 Å². The van der Waals surface area contributed by atoms with Gasteiger partial charge in [-0.15, -0.1) is 0 Å². The highest BCUT2D eigenvalue weighted by atomic mass is 32.2. The van der Waals surface area contributed by atoms with Crippen LogP contribution >= 0.6 is 0 Å². The predicted molar refractivity (Wildman–Crippen MR) is 73.6 cm³/mol. The minimum Gasteiger partial charge on any atom is -0.478 e. The van der Waals surface area contributed by atoms with Crippen LogP contribution < -0.4 is 0 Å². The van der Waals surface area contributed by atoms with Gasteiger partial charge in [0.2, 0.25) is 10.0 Å². The van der Waals surface area contributed by atoms with Crippen LogP contribution in [0.25, 0.3) is 0 Å². The Labute approximate surface area is 122 Å². The van der Waals surface area contributed by atoms with Crippen molar-refractivity contribution in [2.45, 2.75) is 31.0 Å². The molecule has 21 heavy (non-hydrogen) atoms. The van der Waals surface area contributed by atoms with Gasteiger partial charge in [0, 0.05) is 13.1 Å². The van der Waals surface area contributed by atoms with Crippen molar-refractivity contribution < 1.29 is 28.5 Å². The molecule has 0 radical (unpaired) electrons. The third kappa shape index (κ3) is 2.80. The van der Waals surface area contributed by atoms with Gasteiger partial charge in [0.15, 0.2) is 0 Å². The Morgan fingerprint density at radius 2 is 1.71 bits per heavy atom. The lowest BCUT2D eigenvalue weighted by atomic mass is 10.1. The van der Waals surface area contributed by atoms with Gasteiger partial charge >= 0.3 is 5.97 Å². The molecular weight excluding hydrogens is 298 g/mol. The summed E-state index contributed by atoms with van der Waals surface area (Å²) in [6.07, 6.45) is -2.27. The smallest absolute Gasteiger partial charge is 0.335 e. The summed E-state index contributed by atoms with van der Waals surface area (Å²) in [6.45, 7) is 2.81. The van der Waals surface area contributed by atoms with Crippen LogP contribution in [0.4, 0.5) is 0 Å². The second kappa shape index (κ2) is 5.38. The maximum Gasteiger partial charge on any atom is 0.335 e. The first-order chi connectivity index (χ1) is 9.64. The van der Waals surface area contributed by atoms with Crippen molar-refractivity contribution >= 4 is 16.0 Å². The molecule has 1 aliphatic heterocycles. The molecule has 0 saturated carbocycles. The van der Waals surface area contributed by atoms with Gasteiger partial charge in [-0.1, -0.05) is 0 Å². The maximum atomic E-state index is 12.6. The summed E-state index contributed by atoms with van der Waals surface area (Å²) in [5, 5.41) is 28.0. The van der Waals surface area contributed by atoms with E-state index in [2.05, 4.69) is 0 Å². The van der Waals surface area contributed by atoms with Crippen molar-refractivity contribution in [2.24, 2.45) is 0 Å². The molecule has 0 spiro atoms. The first-order valence-electron chi connectivity index (χ1n) is 6.35. The van der Waals surface area contributed by atoms with Gasteiger partial charge in [0.05, 0.1) is 22.7 Å². The number of sulfonamides is 1. The van der Waals surface area contributed by atoms with Crippen LogP contribution in [-0.2, 0) is 10.0 Å². The van der Waals surface area contributed by atoms with Crippen molar-refractivity contribution in [1.82, 2.24) is 4.31 Å². The fourth-order valence-corrected chi connectivity index (χ4v) is 4.09. The van der Waals surface area contributed by atoms with Crippen LogP contribution in [-0.4, -0.2) is 59.3 Å². The number of aryl methyl sites for hydroxylation is 1. The Kier molecular flexibility index (Phi) is 4.07. The van der Waals surface area contributed by atoms with E-state index in [1.165, 1.54) is 6.07 Å². The lowest BCUT2D eigenvalue weighted by molar-refractivity contribution is 0.0572. The Morgan fingerprint density at radius 1 is 1.19 bits per heavy atom. The molecule has 1 aromatic rings. The minimum atomic E-state index is -3.96. The number of aliphatic hydroxyl groups excluding tert-OH is 2. The van der Waals surface area contributed by atoms with Gasteiger partial charge in [-0.3, -0.25) is 0 Å². The van der Waals surface area contributed by atoms with Gasteiger partial charge in [-0.25, -0.2) is 13.2 Å². The molecular formula is C13H17NO6S. The number of nitrogens with zero attached hydrogens (tertiary/aromatic N) is 1. The first-order valence-corrected chi connectivity index (χ1v) is 7.79. The molecule has 1 aliphatic rings. The third-order valence-electron chi connectivity index (χ3n) is 3.71. The van der Waals surface area contributed by atoms with Gasteiger partial charge in [0.1, 0.15) is 0 Å². The zero-order valence-electron chi connectivity index (χ0n) is 11.6. The fraction of sp³-hybridized carbons (Fsp3) is 0.462. The monoisotopic (exact) mass is 315 g/mol. The zero-order valence-corrected chi connectivity index (χ0v) is 12.5. The summed E-state index contributed by atoms with van der Waals surface area (Å²) >= 11 is 0. The molecule has 2 unspecified atom stereocenters. The molecule has 7 nitrogen and oxygen atoms in total. The Hall–Kier alpha value is -1.48. The summed E-state index contributed by atoms with van der Waals surface area (Å²) in [5.74, 6) is -1.21. The molecule has 0 aromatic heterocycles. The SMILES string of the molecule is Cc1cc(C(=O)O)cc(S(=O)(=O)N2CC(O)C(O)C2)c1C. The maximum absolute atomic E-state index is 12.6. The van der Waals surface area contributed by atoms with E-state index >= 15 is 0 Å². The normalized spacial score (nSPS) is 23.4. The zero-order chi connectivity index (χ0) is 15.9. The molecule has 1 heterocycles. The second-order valence-corrected chi connectivity index (χ2v) is 7.08. The van der Waals surface area contributed by atoms with Gasteiger partial charge in [-0.05, 0) is 37.1 Å². The number of aromatic carboxylic acids is 1. The molecule has 0 bridgehead atoms. The quantitative estimate of drug-likeness (QED) is 0.707. The highest BCUT2D eigenvalue weighted by Gasteiger charge is 2.38. The summed E-state index contributed by atoms with van der Waals surface area (Å²) in [6, 6.07) is 2.52. The molecule has 1 fully saturated rings. The molecule has 1 saturated heterocycles. The van der Waals surface area contributed by atoms with Gasteiger partial charge in [-0.2, -0.15) is 4.31 Å². The van der Waals surface area contributed by atoms with E-state index in [4.69, 9.17) is 5.11 Å². The number of hydrogen-bond acceptors (Lipinski definition) is 5. The van der Waals surface area contributed by atoms with Crippen molar-refractivity contribution in [2.75, 3.05) is 13.1 Å². The lowest BCUT2D eigenvalue weighted by Gasteiger charge is -2.18. The van der Waals surface area contributed by atoms with Gasteiger partial charge in [0.25, 0.3) is 0 Å². The average Bonchev–Trinajstić information content (AvgIpc) is 2.73. The van der Waals surface area contributed by atoms with E-state index in [1.807, 2.05) is 0 Å². The summed E-state index contributed by atoms with van der Waals surface area (Å²) in [7, 11) is -3.96.